The number of amides is 1. The molecule has 0 bridgehead atoms. The summed E-state index contributed by atoms with van der Waals surface area (Å²) in [6.45, 7) is 3.02. The summed E-state index contributed by atoms with van der Waals surface area (Å²) in [7, 11) is 1.50. The van der Waals surface area contributed by atoms with Gasteiger partial charge in [0.2, 0.25) is 5.91 Å². The number of anilines is 1. The minimum atomic E-state index is -4.63. The molecule has 0 fully saturated rings. The highest BCUT2D eigenvalue weighted by molar-refractivity contribution is 6.03. The summed E-state index contributed by atoms with van der Waals surface area (Å²) in [5.41, 5.74) is -2.91. The molecule has 116 valence electrons. The molecule has 0 aliphatic heterocycles. The predicted molar refractivity (Wildman–Crippen MR) is 70.2 cm³/mol. The first-order valence-electron chi connectivity index (χ1n) is 5.94. The third-order valence-electron chi connectivity index (χ3n) is 3.02. The van der Waals surface area contributed by atoms with Crippen LogP contribution in [0.5, 0.6) is 0 Å². The van der Waals surface area contributed by atoms with Crippen molar-refractivity contribution in [1.82, 2.24) is 5.32 Å². The summed E-state index contributed by atoms with van der Waals surface area (Å²) in [5.74, 6) is -2.08. The van der Waals surface area contributed by atoms with Crippen molar-refractivity contribution in [1.29, 1.82) is 0 Å². The van der Waals surface area contributed by atoms with Gasteiger partial charge in [0.1, 0.15) is 0 Å². The minimum Gasteiger partial charge on any atom is -0.478 e. The number of carboxylic acids is 1. The number of alkyl halides is 3. The molecule has 0 spiro atoms. The van der Waals surface area contributed by atoms with Crippen molar-refractivity contribution < 1.29 is 27.9 Å². The van der Waals surface area contributed by atoms with E-state index in [1.807, 2.05) is 0 Å². The van der Waals surface area contributed by atoms with Crippen LogP contribution in [-0.4, -0.2) is 29.6 Å². The highest BCUT2D eigenvalue weighted by Crippen LogP contribution is 2.32. The van der Waals surface area contributed by atoms with Crippen LogP contribution in [0.2, 0.25) is 0 Å². The van der Waals surface area contributed by atoms with Crippen LogP contribution in [0.25, 0.3) is 0 Å². The molecule has 1 rings (SSSR count). The van der Waals surface area contributed by atoms with E-state index < -0.39 is 40.4 Å². The average molecular weight is 304 g/mol. The fourth-order valence-corrected chi connectivity index (χ4v) is 1.40. The van der Waals surface area contributed by atoms with Gasteiger partial charge in [-0.05, 0) is 39.1 Å². The van der Waals surface area contributed by atoms with Crippen LogP contribution < -0.4 is 10.6 Å². The highest BCUT2D eigenvalue weighted by atomic mass is 19.4. The van der Waals surface area contributed by atoms with Crippen molar-refractivity contribution in [2.45, 2.75) is 25.6 Å². The smallest absolute Gasteiger partial charge is 0.416 e. The van der Waals surface area contributed by atoms with E-state index >= 15 is 0 Å². The molecule has 0 aliphatic carbocycles. The maximum atomic E-state index is 12.7. The fraction of sp³-hybridized carbons (Fsp3) is 0.385. The molecule has 0 saturated heterocycles. The number of nitrogens with one attached hydrogen (secondary N) is 2. The largest absolute Gasteiger partial charge is 0.478 e. The summed E-state index contributed by atoms with van der Waals surface area (Å²) >= 11 is 0. The molecule has 0 radical (unpaired) electrons. The van der Waals surface area contributed by atoms with Crippen molar-refractivity contribution in [3.63, 3.8) is 0 Å². The van der Waals surface area contributed by atoms with Crippen molar-refractivity contribution >= 4 is 17.6 Å². The Labute approximate surface area is 119 Å². The van der Waals surface area contributed by atoms with Gasteiger partial charge in [-0.15, -0.1) is 0 Å². The van der Waals surface area contributed by atoms with E-state index in [1.165, 1.54) is 20.9 Å². The number of carboxylic acid groups (broad SMARTS) is 1. The minimum absolute atomic E-state index is 0.398. The van der Waals surface area contributed by atoms with E-state index in [1.54, 1.807) is 0 Å². The van der Waals surface area contributed by atoms with Gasteiger partial charge in [0, 0.05) is 0 Å². The van der Waals surface area contributed by atoms with Crippen LogP contribution in [0.1, 0.15) is 29.8 Å². The lowest BCUT2D eigenvalue weighted by Crippen LogP contribution is -2.48. The quantitative estimate of drug-likeness (QED) is 0.798. The number of hydrogen-bond acceptors (Lipinski definition) is 3. The maximum Gasteiger partial charge on any atom is 0.416 e. The van der Waals surface area contributed by atoms with Crippen molar-refractivity contribution in [3.05, 3.63) is 29.3 Å². The van der Waals surface area contributed by atoms with Crippen LogP contribution in [0.3, 0.4) is 0 Å². The van der Waals surface area contributed by atoms with Gasteiger partial charge in [0.15, 0.2) is 0 Å². The van der Waals surface area contributed by atoms with Crippen LogP contribution in [0.15, 0.2) is 18.2 Å². The van der Waals surface area contributed by atoms with E-state index in [2.05, 4.69) is 10.6 Å². The lowest BCUT2D eigenvalue weighted by Gasteiger charge is -2.23. The summed E-state index contributed by atoms with van der Waals surface area (Å²) in [6.07, 6.45) is -4.63. The van der Waals surface area contributed by atoms with E-state index in [0.717, 1.165) is 6.07 Å². The Morgan fingerprint density at radius 2 is 1.76 bits per heavy atom. The molecule has 5 nitrogen and oxygen atoms in total. The van der Waals surface area contributed by atoms with Gasteiger partial charge >= 0.3 is 12.1 Å². The number of benzene rings is 1. The topological polar surface area (TPSA) is 78.4 Å². The standard InChI is InChI=1S/C13H15F3N2O3/c1-12(2,17-3)11(21)18-9-6-7(13(14,15)16)4-5-8(9)10(19)20/h4-6,17H,1-3H3,(H,18,21)(H,19,20). The zero-order valence-corrected chi connectivity index (χ0v) is 11.6. The SMILES string of the molecule is CNC(C)(C)C(=O)Nc1cc(C(F)(F)F)ccc1C(=O)O. The average Bonchev–Trinajstić information content (AvgIpc) is 2.37. The Kier molecular flexibility index (Phi) is 4.62. The van der Waals surface area contributed by atoms with Crippen LogP contribution >= 0.6 is 0 Å². The number of carbonyl (C=O) groups is 2. The van der Waals surface area contributed by atoms with Crippen LogP contribution in [0, 0.1) is 0 Å². The number of aromatic carboxylic acids is 1. The summed E-state index contributed by atoms with van der Waals surface area (Å²) < 4.78 is 38.0. The molecule has 8 heteroatoms. The number of likely N-dealkylation sites (N-methyl/N-ethyl adjacent to an activating group) is 1. The van der Waals surface area contributed by atoms with Gasteiger partial charge in [-0.25, -0.2) is 4.79 Å². The monoisotopic (exact) mass is 304 g/mol. The summed E-state index contributed by atoms with van der Waals surface area (Å²) in [4.78, 5) is 23.0. The van der Waals surface area contributed by atoms with Gasteiger partial charge in [-0.3, -0.25) is 4.79 Å². The maximum absolute atomic E-state index is 12.7. The second kappa shape index (κ2) is 5.72. The van der Waals surface area contributed by atoms with E-state index in [9.17, 15) is 22.8 Å². The molecule has 0 aromatic heterocycles. The zero-order valence-electron chi connectivity index (χ0n) is 11.6. The Balaban J connectivity index is 3.25. The Bertz CT molecular complexity index is 568. The molecule has 1 aromatic rings. The molecule has 0 atom stereocenters. The third-order valence-corrected chi connectivity index (χ3v) is 3.02. The molecule has 21 heavy (non-hydrogen) atoms. The second-order valence-electron chi connectivity index (χ2n) is 4.89. The Morgan fingerprint density at radius 3 is 2.19 bits per heavy atom. The van der Waals surface area contributed by atoms with E-state index in [4.69, 9.17) is 5.11 Å². The van der Waals surface area contributed by atoms with Crippen molar-refractivity contribution in [2.75, 3.05) is 12.4 Å². The fourth-order valence-electron chi connectivity index (χ4n) is 1.40. The number of halogens is 3. The molecule has 0 heterocycles. The Morgan fingerprint density at radius 1 is 1.19 bits per heavy atom. The van der Waals surface area contributed by atoms with Crippen molar-refractivity contribution in [3.8, 4) is 0 Å². The lowest BCUT2D eigenvalue weighted by molar-refractivity contribution is -0.137. The third kappa shape index (κ3) is 3.94. The van der Waals surface area contributed by atoms with Gasteiger partial charge < -0.3 is 15.7 Å². The zero-order chi connectivity index (χ0) is 16.4. The normalized spacial score (nSPS) is 12.1. The molecule has 3 N–H and O–H groups in total. The Hall–Kier alpha value is -2.09. The predicted octanol–water partition coefficient (Wildman–Crippen LogP) is 2.34. The molecule has 1 amide bonds. The van der Waals surface area contributed by atoms with Crippen LogP contribution in [-0.2, 0) is 11.0 Å². The first kappa shape index (κ1) is 17.0. The highest BCUT2D eigenvalue weighted by Gasteiger charge is 2.33. The first-order chi connectivity index (χ1) is 9.49. The van der Waals surface area contributed by atoms with Gasteiger partial charge in [0.05, 0.1) is 22.4 Å². The molecule has 1 aromatic carbocycles. The second-order valence-corrected chi connectivity index (χ2v) is 4.89. The summed E-state index contributed by atoms with van der Waals surface area (Å²) in [5, 5.41) is 13.9. The molecule has 0 saturated carbocycles. The van der Waals surface area contributed by atoms with Gasteiger partial charge in [0.25, 0.3) is 0 Å². The number of rotatable bonds is 4. The van der Waals surface area contributed by atoms with Crippen LogP contribution in [0.4, 0.5) is 18.9 Å². The van der Waals surface area contributed by atoms with Gasteiger partial charge in [-0.1, -0.05) is 0 Å². The molecule has 0 aliphatic rings. The first-order valence-corrected chi connectivity index (χ1v) is 5.94. The number of carbonyl (C=O) groups excluding carboxylic acids is 1. The molecule has 0 unspecified atom stereocenters. The molecular formula is C13H15F3N2O3. The number of hydrogen-bond donors (Lipinski definition) is 3. The van der Waals surface area contributed by atoms with Gasteiger partial charge in [-0.2, -0.15) is 13.2 Å². The van der Waals surface area contributed by atoms with E-state index in [-0.39, 0.29) is 0 Å². The lowest BCUT2D eigenvalue weighted by atomic mass is 10.0. The van der Waals surface area contributed by atoms with Crippen molar-refractivity contribution in [2.24, 2.45) is 0 Å². The van der Waals surface area contributed by atoms with E-state index in [0.29, 0.717) is 12.1 Å². The molecular weight excluding hydrogens is 289 g/mol. The summed E-state index contributed by atoms with van der Waals surface area (Å²) in [6, 6.07) is 2.07.